The van der Waals surface area contributed by atoms with Crippen molar-refractivity contribution < 1.29 is 27.4 Å². The Labute approximate surface area is 252 Å². The quantitative estimate of drug-likeness (QED) is 0.180. The third-order valence-electron chi connectivity index (χ3n) is 6.44. The molecule has 228 valence electrons. The Balaban J connectivity index is 1.81. The standard InChI is InChI=1S/C31H37N5O6S/c1-7-21(2)40-19-20-41-30-26(42-25-12-9-8-11-24(25)39-6)27(34-29(35-30)28-32-17-10-18-33-28)36-43(37,38)23-15-13-22(14-16-23)31(3,4)5/h8-18,21H,7,19-20H2,1-6H3,(H,34,35,36). The molecule has 1 N–H and O–H groups in total. The van der Waals surface area contributed by atoms with Crippen LogP contribution in [-0.4, -0.2) is 54.8 Å². The van der Waals surface area contributed by atoms with Crippen LogP contribution in [0.4, 0.5) is 5.82 Å². The Kier molecular flexibility index (Phi) is 10.1. The molecule has 0 saturated carbocycles. The van der Waals surface area contributed by atoms with Crippen LogP contribution in [0.3, 0.4) is 0 Å². The number of rotatable bonds is 13. The molecule has 0 aliphatic heterocycles. The molecule has 0 saturated heterocycles. The summed E-state index contributed by atoms with van der Waals surface area (Å²) in [6.45, 7) is 10.5. The molecule has 1 unspecified atom stereocenters. The van der Waals surface area contributed by atoms with Gasteiger partial charge >= 0.3 is 0 Å². The minimum absolute atomic E-state index is 0.0307. The van der Waals surface area contributed by atoms with Crippen molar-refractivity contribution in [2.24, 2.45) is 0 Å². The van der Waals surface area contributed by atoms with Gasteiger partial charge in [-0.3, -0.25) is 4.72 Å². The molecule has 0 spiro atoms. The van der Waals surface area contributed by atoms with Crippen LogP contribution >= 0.6 is 0 Å². The van der Waals surface area contributed by atoms with Gasteiger partial charge in [0.05, 0.1) is 24.7 Å². The monoisotopic (exact) mass is 607 g/mol. The Hall–Kier alpha value is -4.29. The van der Waals surface area contributed by atoms with Gasteiger partial charge in [-0.2, -0.15) is 4.98 Å². The Morgan fingerprint density at radius 3 is 2.19 bits per heavy atom. The van der Waals surface area contributed by atoms with Crippen molar-refractivity contribution in [1.82, 2.24) is 19.9 Å². The second-order valence-corrected chi connectivity index (χ2v) is 12.4. The largest absolute Gasteiger partial charge is 0.493 e. The Bertz CT molecular complexity index is 1610. The summed E-state index contributed by atoms with van der Waals surface area (Å²) in [7, 11) is -2.63. The number of hydrogen-bond acceptors (Lipinski definition) is 10. The summed E-state index contributed by atoms with van der Waals surface area (Å²) < 4.78 is 53.4. The van der Waals surface area contributed by atoms with Gasteiger partial charge in [0.25, 0.3) is 15.9 Å². The van der Waals surface area contributed by atoms with Gasteiger partial charge in [-0.05, 0) is 54.7 Å². The predicted octanol–water partition coefficient (Wildman–Crippen LogP) is 6.03. The first-order chi connectivity index (χ1) is 20.5. The number of anilines is 1. The van der Waals surface area contributed by atoms with Crippen LogP contribution in [0.1, 0.15) is 46.6 Å². The summed E-state index contributed by atoms with van der Waals surface area (Å²) in [6.07, 6.45) is 3.95. The molecule has 0 radical (unpaired) electrons. The highest BCUT2D eigenvalue weighted by Gasteiger charge is 2.26. The van der Waals surface area contributed by atoms with Crippen molar-refractivity contribution >= 4 is 15.8 Å². The summed E-state index contributed by atoms with van der Waals surface area (Å²) in [6, 6.07) is 15.3. The van der Waals surface area contributed by atoms with E-state index in [-0.39, 0.29) is 58.7 Å². The number of sulfonamides is 1. The lowest BCUT2D eigenvalue weighted by atomic mass is 9.87. The number of aromatic nitrogens is 4. The number of nitrogens with one attached hydrogen (secondary N) is 1. The predicted molar refractivity (Wildman–Crippen MR) is 163 cm³/mol. The van der Waals surface area contributed by atoms with Crippen LogP contribution in [0.2, 0.25) is 0 Å². The molecule has 4 aromatic rings. The van der Waals surface area contributed by atoms with Crippen LogP contribution < -0.4 is 18.9 Å². The fourth-order valence-electron chi connectivity index (χ4n) is 3.84. The van der Waals surface area contributed by atoms with Gasteiger partial charge in [0, 0.05) is 12.4 Å². The Morgan fingerprint density at radius 1 is 0.884 bits per heavy atom. The van der Waals surface area contributed by atoms with Crippen LogP contribution in [0, 0.1) is 0 Å². The van der Waals surface area contributed by atoms with Gasteiger partial charge in [0.2, 0.25) is 11.6 Å². The van der Waals surface area contributed by atoms with Gasteiger partial charge in [-0.1, -0.05) is 52.0 Å². The molecule has 0 bridgehead atoms. The van der Waals surface area contributed by atoms with E-state index in [1.54, 1.807) is 54.6 Å². The molecule has 0 aliphatic carbocycles. The zero-order valence-electron chi connectivity index (χ0n) is 25.2. The zero-order chi connectivity index (χ0) is 31.0. The minimum atomic E-state index is -4.13. The smallest absolute Gasteiger partial charge is 0.263 e. The number of ether oxygens (including phenoxy) is 4. The summed E-state index contributed by atoms with van der Waals surface area (Å²) in [5, 5.41) is 0. The average Bonchev–Trinajstić information content (AvgIpc) is 3.00. The first-order valence-electron chi connectivity index (χ1n) is 13.9. The molecule has 0 amide bonds. The van der Waals surface area contributed by atoms with E-state index < -0.39 is 10.0 Å². The van der Waals surface area contributed by atoms with Crippen molar-refractivity contribution in [3.63, 3.8) is 0 Å². The number of hydrogen-bond donors (Lipinski definition) is 1. The SMILES string of the molecule is CCC(C)OCCOc1nc(-c2ncccn2)nc(NS(=O)(=O)c2ccc(C(C)(C)C)cc2)c1Oc1ccccc1OC. The second kappa shape index (κ2) is 13.8. The summed E-state index contributed by atoms with van der Waals surface area (Å²) in [5.41, 5.74) is 0.848. The molecule has 43 heavy (non-hydrogen) atoms. The highest BCUT2D eigenvalue weighted by atomic mass is 32.2. The fraction of sp³-hybridized carbons (Fsp3) is 0.355. The lowest BCUT2D eigenvalue weighted by Gasteiger charge is -2.20. The topological polar surface area (TPSA) is 135 Å². The van der Waals surface area contributed by atoms with Crippen LogP contribution in [-0.2, 0) is 20.2 Å². The van der Waals surface area contributed by atoms with Crippen LogP contribution in [0.25, 0.3) is 11.6 Å². The molecule has 0 aliphatic rings. The van der Waals surface area contributed by atoms with Crippen molar-refractivity contribution in [2.45, 2.75) is 57.5 Å². The lowest BCUT2D eigenvalue weighted by molar-refractivity contribution is 0.0413. The van der Waals surface area contributed by atoms with Crippen LogP contribution in [0.15, 0.2) is 71.9 Å². The summed E-state index contributed by atoms with van der Waals surface area (Å²) >= 11 is 0. The summed E-state index contributed by atoms with van der Waals surface area (Å²) in [4.78, 5) is 17.5. The lowest BCUT2D eigenvalue weighted by Crippen LogP contribution is -2.18. The molecule has 11 nitrogen and oxygen atoms in total. The maximum absolute atomic E-state index is 13.7. The normalized spacial score (nSPS) is 12.4. The highest BCUT2D eigenvalue weighted by Crippen LogP contribution is 2.41. The van der Waals surface area contributed by atoms with E-state index in [1.165, 1.54) is 19.5 Å². The van der Waals surface area contributed by atoms with Gasteiger partial charge in [-0.15, -0.1) is 0 Å². The summed E-state index contributed by atoms with van der Waals surface area (Å²) in [5.74, 6) is 0.651. The van der Waals surface area contributed by atoms with E-state index in [1.807, 2.05) is 13.8 Å². The highest BCUT2D eigenvalue weighted by molar-refractivity contribution is 7.92. The molecule has 2 aromatic heterocycles. The molecular weight excluding hydrogens is 570 g/mol. The van der Waals surface area contributed by atoms with Crippen molar-refractivity contribution in [2.75, 3.05) is 25.0 Å². The van der Waals surface area contributed by atoms with Gasteiger partial charge in [0.1, 0.15) is 6.61 Å². The van der Waals surface area contributed by atoms with E-state index in [9.17, 15) is 8.42 Å². The van der Waals surface area contributed by atoms with E-state index in [2.05, 4.69) is 45.4 Å². The number of methoxy groups -OCH3 is 1. The minimum Gasteiger partial charge on any atom is -0.493 e. The molecule has 2 aromatic carbocycles. The first-order valence-corrected chi connectivity index (χ1v) is 15.4. The van der Waals surface area contributed by atoms with E-state index >= 15 is 0 Å². The Morgan fingerprint density at radius 2 is 1.56 bits per heavy atom. The second-order valence-electron chi connectivity index (χ2n) is 10.7. The first kappa shape index (κ1) is 31.6. The molecule has 2 heterocycles. The van der Waals surface area contributed by atoms with E-state index in [4.69, 9.17) is 18.9 Å². The zero-order valence-corrected chi connectivity index (χ0v) is 26.0. The average molecular weight is 608 g/mol. The van der Waals surface area contributed by atoms with Crippen LogP contribution in [0.5, 0.6) is 23.1 Å². The number of para-hydroxylation sites is 2. The maximum Gasteiger partial charge on any atom is 0.263 e. The third-order valence-corrected chi connectivity index (χ3v) is 7.80. The molecule has 12 heteroatoms. The maximum atomic E-state index is 13.7. The van der Waals surface area contributed by atoms with E-state index in [0.717, 1.165) is 12.0 Å². The third kappa shape index (κ3) is 8.17. The van der Waals surface area contributed by atoms with Gasteiger partial charge in [-0.25, -0.2) is 23.4 Å². The molecule has 4 rings (SSSR count). The van der Waals surface area contributed by atoms with Gasteiger partial charge in [0.15, 0.2) is 23.1 Å². The number of nitrogens with zero attached hydrogens (tertiary/aromatic N) is 4. The number of benzene rings is 2. The molecule has 0 fully saturated rings. The fourth-order valence-corrected chi connectivity index (χ4v) is 4.85. The van der Waals surface area contributed by atoms with E-state index in [0.29, 0.717) is 11.5 Å². The molecule has 1 atom stereocenters. The van der Waals surface area contributed by atoms with Crippen molar-refractivity contribution in [3.8, 4) is 34.8 Å². The van der Waals surface area contributed by atoms with Crippen molar-refractivity contribution in [3.05, 3.63) is 72.6 Å². The van der Waals surface area contributed by atoms with Gasteiger partial charge < -0.3 is 18.9 Å². The van der Waals surface area contributed by atoms with Crippen molar-refractivity contribution in [1.29, 1.82) is 0 Å². The molecular formula is C31H37N5O6S.